The maximum absolute atomic E-state index is 12.1. The first-order valence-corrected chi connectivity index (χ1v) is 7.19. The first kappa shape index (κ1) is 16.8. The lowest BCUT2D eigenvalue weighted by atomic mass is 10.2. The number of carbonyl (C=O) groups is 2. The van der Waals surface area contributed by atoms with Gasteiger partial charge >= 0.3 is 0 Å². The molecule has 6 heteroatoms. The van der Waals surface area contributed by atoms with Crippen molar-refractivity contribution in [2.75, 3.05) is 16.0 Å². The number of nitrogens with zero attached hydrogens (tertiary/aromatic N) is 1. The topological polar surface area (TPSA) is 94.0 Å². The Morgan fingerprint density at radius 3 is 2.04 bits per heavy atom. The number of nitrogens with one attached hydrogen (secondary N) is 3. The fourth-order valence-corrected chi connectivity index (χ4v) is 1.88. The van der Waals surface area contributed by atoms with Crippen LogP contribution >= 0.6 is 0 Å². The van der Waals surface area contributed by atoms with E-state index in [0.29, 0.717) is 11.4 Å². The van der Waals surface area contributed by atoms with Crippen LogP contribution in [0.5, 0.6) is 0 Å². The number of carbonyl (C=O) groups excluding carboxylic acids is 2. The van der Waals surface area contributed by atoms with Crippen LogP contribution in [0.3, 0.4) is 0 Å². The second-order valence-corrected chi connectivity index (χ2v) is 4.89. The largest absolute Gasteiger partial charge is 0.360 e. The van der Waals surface area contributed by atoms with Gasteiger partial charge in [0.1, 0.15) is 11.6 Å². The van der Waals surface area contributed by atoms with Gasteiger partial charge in [-0.25, -0.2) is 0 Å². The van der Waals surface area contributed by atoms with Crippen LogP contribution in [0.15, 0.2) is 66.4 Å². The Hall–Kier alpha value is -3.59. The van der Waals surface area contributed by atoms with Crippen LogP contribution in [0.1, 0.15) is 6.92 Å². The van der Waals surface area contributed by atoms with E-state index in [0.717, 1.165) is 5.69 Å². The summed E-state index contributed by atoms with van der Waals surface area (Å²) >= 11 is 0. The third kappa shape index (κ3) is 5.00. The first-order chi connectivity index (χ1) is 11.6. The highest BCUT2D eigenvalue weighted by atomic mass is 16.2. The van der Waals surface area contributed by atoms with Gasteiger partial charge in [-0.05, 0) is 36.4 Å². The molecule has 3 N–H and O–H groups in total. The molecule has 120 valence electrons. The maximum atomic E-state index is 12.1. The number of amides is 2. The molecule has 0 aliphatic rings. The smallest absolute Gasteiger partial charge is 0.267 e. The average molecular weight is 320 g/mol. The molecule has 0 saturated carbocycles. The number of rotatable bonds is 5. The normalized spacial score (nSPS) is 10.4. The van der Waals surface area contributed by atoms with E-state index in [9.17, 15) is 9.59 Å². The van der Waals surface area contributed by atoms with Gasteiger partial charge in [0.2, 0.25) is 5.91 Å². The number of benzene rings is 2. The van der Waals surface area contributed by atoms with E-state index in [1.807, 2.05) is 36.4 Å². The average Bonchev–Trinajstić information content (AvgIpc) is 2.58. The van der Waals surface area contributed by atoms with Gasteiger partial charge < -0.3 is 16.0 Å². The lowest BCUT2D eigenvalue weighted by Crippen LogP contribution is -2.14. The highest BCUT2D eigenvalue weighted by molar-refractivity contribution is 6.06. The van der Waals surface area contributed by atoms with E-state index in [1.54, 1.807) is 24.3 Å². The van der Waals surface area contributed by atoms with Crippen molar-refractivity contribution in [2.45, 2.75) is 6.92 Å². The Kier molecular flexibility index (Phi) is 5.70. The van der Waals surface area contributed by atoms with Crippen LogP contribution in [0.2, 0.25) is 0 Å². The van der Waals surface area contributed by atoms with E-state index in [1.165, 1.54) is 13.1 Å². The van der Waals surface area contributed by atoms with Crippen molar-refractivity contribution in [1.29, 1.82) is 5.26 Å². The van der Waals surface area contributed by atoms with Gasteiger partial charge in [0.25, 0.3) is 5.91 Å². The van der Waals surface area contributed by atoms with Gasteiger partial charge in [0.15, 0.2) is 0 Å². The summed E-state index contributed by atoms with van der Waals surface area (Å²) in [7, 11) is 0. The molecule has 0 radical (unpaired) electrons. The third-order valence-electron chi connectivity index (χ3n) is 2.99. The number of para-hydroxylation sites is 1. The summed E-state index contributed by atoms with van der Waals surface area (Å²) in [6, 6.07) is 17.7. The summed E-state index contributed by atoms with van der Waals surface area (Å²) in [5, 5.41) is 17.3. The quantitative estimate of drug-likeness (QED) is 0.583. The minimum Gasteiger partial charge on any atom is -0.360 e. The van der Waals surface area contributed by atoms with Crippen molar-refractivity contribution < 1.29 is 9.59 Å². The zero-order valence-corrected chi connectivity index (χ0v) is 13.0. The number of hydrogen-bond acceptors (Lipinski definition) is 4. The molecule has 0 atom stereocenters. The lowest BCUT2D eigenvalue weighted by Gasteiger charge is -2.07. The summed E-state index contributed by atoms with van der Waals surface area (Å²) < 4.78 is 0. The second kappa shape index (κ2) is 8.15. The van der Waals surface area contributed by atoms with Crippen molar-refractivity contribution in [2.24, 2.45) is 0 Å². The molecule has 2 aromatic rings. The molecule has 0 saturated heterocycles. The molecule has 24 heavy (non-hydrogen) atoms. The molecule has 2 aromatic carbocycles. The van der Waals surface area contributed by atoms with Crippen LogP contribution in [0, 0.1) is 11.3 Å². The van der Waals surface area contributed by atoms with Gasteiger partial charge in [-0.1, -0.05) is 18.2 Å². The molecule has 6 nitrogen and oxygen atoms in total. The molecule has 0 fully saturated rings. The van der Waals surface area contributed by atoms with Crippen LogP contribution < -0.4 is 16.0 Å². The van der Waals surface area contributed by atoms with Crippen molar-refractivity contribution in [1.82, 2.24) is 0 Å². The Labute approximate surface area is 139 Å². The second-order valence-electron chi connectivity index (χ2n) is 4.89. The Balaban J connectivity index is 2.01. The highest BCUT2D eigenvalue weighted by Gasteiger charge is 2.09. The summed E-state index contributed by atoms with van der Waals surface area (Å²) in [6.07, 6.45) is 1.36. The molecule has 0 bridgehead atoms. The maximum Gasteiger partial charge on any atom is 0.267 e. The molecular weight excluding hydrogens is 304 g/mol. The van der Waals surface area contributed by atoms with Gasteiger partial charge in [0, 0.05) is 30.2 Å². The van der Waals surface area contributed by atoms with Crippen molar-refractivity contribution in [3.63, 3.8) is 0 Å². The number of anilines is 3. The third-order valence-corrected chi connectivity index (χ3v) is 2.99. The fraction of sp³-hybridized carbons (Fsp3) is 0.0556. The molecule has 0 aliphatic heterocycles. The standard InChI is InChI=1S/C18H16N4O2/c1-13(23)21-16-7-9-17(10-8-16)22-18(24)14(11-19)12-20-15-5-3-2-4-6-15/h2-10,12,20H,1H3,(H,21,23)(H,22,24)/b14-12-. The van der Waals surface area contributed by atoms with E-state index >= 15 is 0 Å². The van der Waals surface area contributed by atoms with E-state index in [4.69, 9.17) is 5.26 Å². The van der Waals surface area contributed by atoms with Gasteiger partial charge in [-0.15, -0.1) is 0 Å². The Morgan fingerprint density at radius 1 is 0.917 bits per heavy atom. The minimum absolute atomic E-state index is 0.0511. The molecule has 0 heterocycles. The molecular formula is C18H16N4O2. The predicted octanol–water partition coefficient (Wildman–Crippen LogP) is 3.10. The molecule has 0 aliphatic carbocycles. The molecule has 2 rings (SSSR count). The Bertz CT molecular complexity index is 790. The minimum atomic E-state index is -0.520. The van der Waals surface area contributed by atoms with Gasteiger partial charge in [0.05, 0.1) is 0 Å². The first-order valence-electron chi connectivity index (χ1n) is 7.19. The SMILES string of the molecule is CC(=O)Nc1ccc(NC(=O)/C(C#N)=C\Nc2ccccc2)cc1. The monoisotopic (exact) mass is 320 g/mol. The number of nitriles is 1. The van der Waals surface area contributed by atoms with Crippen LogP contribution in [-0.4, -0.2) is 11.8 Å². The Morgan fingerprint density at radius 2 is 1.50 bits per heavy atom. The van der Waals surface area contributed by atoms with Gasteiger partial charge in [-0.2, -0.15) is 5.26 Å². The summed E-state index contributed by atoms with van der Waals surface area (Å²) in [4.78, 5) is 23.1. The summed E-state index contributed by atoms with van der Waals surface area (Å²) in [5.74, 6) is -0.693. The predicted molar refractivity (Wildman–Crippen MR) is 93.1 cm³/mol. The number of hydrogen-bond donors (Lipinski definition) is 3. The van der Waals surface area contributed by atoms with Crippen LogP contribution in [0.4, 0.5) is 17.1 Å². The van der Waals surface area contributed by atoms with E-state index in [2.05, 4.69) is 16.0 Å². The van der Waals surface area contributed by atoms with E-state index in [-0.39, 0.29) is 11.5 Å². The van der Waals surface area contributed by atoms with Crippen molar-refractivity contribution >= 4 is 28.9 Å². The molecule has 0 spiro atoms. The lowest BCUT2D eigenvalue weighted by molar-refractivity contribution is -0.114. The van der Waals surface area contributed by atoms with E-state index < -0.39 is 5.91 Å². The zero-order valence-electron chi connectivity index (χ0n) is 13.0. The molecule has 2 amide bonds. The summed E-state index contributed by atoms with van der Waals surface area (Å²) in [5.41, 5.74) is 1.87. The fourth-order valence-electron chi connectivity index (χ4n) is 1.88. The van der Waals surface area contributed by atoms with Crippen molar-refractivity contribution in [3.05, 3.63) is 66.4 Å². The zero-order chi connectivity index (χ0) is 17.4. The summed E-state index contributed by atoms with van der Waals surface area (Å²) in [6.45, 7) is 1.42. The van der Waals surface area contributed by atoms with Crippen LogP contribution in [-0.2, 0) is 9.59 Å². The highest BCUT2D eigenvalue weighted by Crippen LogP contribution is 2.14. The van der Waals surface area contributed by atoms with Crippen LogP contribution in [0.25, 0.3) is 0 Å². The van der Waals surface area contributed by atoms with Gasteiger partial charge in [-0.3, -0.25) is 9.59 Å². The molecule has 0 unspecified atom stereocenters. The molecule has 0 aromatic heterocycles. The van der Waals surface area contributed by atoms with Crippen molar-refractivity contribution in [3.8, 4) is 6.07 Å².